The first-order chi connectivity index (χ1) is 11.8. The van der Waals surface area contributed by atoms with Crippen molar-refractivity contribution < 1.29 is 9.32 Å². The summed E-state index contributed by atoms with van der Waals surface area (Å²) in [6.07, 6.45) is 8.72. The van der Waals surface area contributed by atoms with Gasteiger partial charge >= 0.3 is 0 Å². The molecule has 4 rings (SSSR count). The molecule has 0 radical (unpaired) electrons. The van der Waals surface area contributed by atoms with Crippen LogP contribution in [0.15, 0.2) is 35.1 Å². The fourth-order valence-electron chi connectivity index (χ4n) is 3.74. The van der Waals surface area contributed by atoms with E-state index in [9.17, 15) is 4.79 Å². The maximum absolute atomic E-state index is 12.6. The highest BCUT2D eigenvalue weighted by atomic mass is 16.5. The second-order valence-corrected chi connectivity index (χ2v) is 6.58. The van der Waals surface area contributed by atoms with Crippen LogP contribution in [0.4, 0.5) is 0 Å². The molecule has 2 aromatic rings. The van der Waals surface area contributed by atoms with Crippen LogP contribution in [0.5, 0.6) is 0 Å². The van der Waals surface area contributed by atoms with Gasteiger partial charge in [-0.3, -0.25) is 14.7 Å². The predicted octanol–water partition coefficient (Wildman–Crippen LogP) is 2.44. The van der Waals surface area contributed by atoms with E-state index in [1.165, 1.54) is 25.7 Å². The van der Waals surface area contributed by atoms with Gasteiger partial charge < -0.3 is 9.42 Å². The Morgan fingerprint density at radius 1 is 1.17 bits per heavy atom. The normalized spacial score (nSPS) is 19.8. The first-order valence-corrected chi connectivity index (χ1v) is 8.72. The first kappa shape index (κ1) is 15.3. The Hall–Kier alpha value is -2.21. The minimum atomic E-state index is -0.0417. The van der Waals surface area contributed by atoms with Gasteiger partial charge in [-0.15, -0.1) is 0 Å². The molecule has 2 aliphatic rings. The van der Waals surface area contributed by atoms with E-state index >= 15 is 0 Å². The first-order valence-electron chi connectivity index (χ1n) is 8.72. The highest BCUT2D eigenvalue weighted by molar-refractivity contribution is 5.93. The second-order valence-electron chi connectivity index (χ2n) is 6.58. The predicted molar refractivity (Wildman–Crippen MR) is 89.5 cm³/mol. The third-order valence-electron chi connectivity index (χ3n) is 5.12. The third-order valence-corrected chi connectivity index (χ3v) is 5.12. The molecule has 1 saturated heterocycles. The Balaban J connectivity index is 1.39. The number of piperazine rings is 1. The molecule has 2 fully saturated rings. The molecule has 0 atom stereocenters. The molecule has 0 aromatic carbocycles. The van der Waals surface area contributed by atoms with Crippen LogP contribution in [0.25, 0.3) is 11.3 Å². The smallest absolute Gasteiger partial charge is 0.276 e. The van der Waals surface area contributed by atoms with Crippen molar-refractivity contribution >= 4 is 5.91 Å². The van der Waals surface area contributed by atoms with Gasteiger partial charge in [0.15, 0.2) is 11.5 Å². The Labute approximate surface area is 141 Å². The fraction of sp³-hybridized carbons (Fsp3) is 0.500. The number of pyridine rings is 1. The van der Waals surface area contributed by atoms with Crippen LogP contribution >= 0.6 is 0 Å². The standard InChI is InChI=1S/C18H22N4O2/c23-18(16-12-17(24-20-16)14-4-3-7-19-13-14)22-10-8-21(9-11-22)15-5-1-2-6-15/h3-4,7,12-13,15H,1-2,5-6,8-11H2. The van der Waals surface area contributed by atoms with Crippen molar-refractivity contribution in [3.63, 3.8) is 0 Å². The number of carbonyl (C=O) groups is 1. The molecule has 1 aliphatic carbocycles. The molecule has 1 aliphatic heterocycles. The van der Waals surface area contributed by atoms with Crippen LogP contribution in [0.2, 0.25) is 0 Å². The maximum Gasteiger partial charge on any atom is 0.276 e. The monoisotopic (exact) mass is 326 g/mol. The molecule has 6 nitrogen and oxygen atoms in total. The third kappa shape index (κ3) is 3.06. The van der Waals surface area contributed by atoms with Gasteiger partial charge in [-0.05, 0) is 25.0 Å². The number of rotatable bonds is 3. The van der Waals surface area contributed by atoms with Crippen molar-refractivity contribution in [3.8, 4) is 11.3 Å². The topological polar surface area (TPSA) is 62.5 Å². The van der Waals surface area contributed by atoms with E-state index in [2.05, 4.69) is 15.0 Å². The zero-order chi connectivity index (χ0) is 16.4. The van der Waals surface area contributed by atoms with Gasteiger partial charge in [-0.1, -0.05) is 18.0 Å². The Kier molecular flexibility index (Phi) is 4.30. The molecule has 24 heavy (non-hydrogen) atoms. The van der Waals surface area contributed by atoms with Crippen molar-refractivity contribution in [2.24, 2.45) is 0 Å². The summed E-state index contributed by atoms with van der Waals surface area (Å²) < 4.78 is 5.32. The summed E-state index contributed by atoms with van der Waals surface area (Å²) in [4.78, 5) is 21.1. The average Bonchev–Trinajstić information content (AvgIpc) is 3.34. The molecule has 3 heterocycles. The number of hydrogen-bond acceptors (Lipinski definition) is 5. The molecule has 1 amide bonds. The van der Waals surface area contributed by atoms with Gasteiger partial charge in [0, 0.05) is 56.2 Å². The van der Waals surface area contributed by atoms with E-state index in [4.69, 9.17) is 4.52 Å². The molecule has 0 unspecified atom stereocenters. The van der Waals surface area contributed by atoms with Gasteiger partial charge in [-0.2, -0.15) is 0 Å². The van der Waals surface area contributed by atoms with E-state index in [1.54, 1.807) is 18.5 Å². The quantitative estimate of drug-likeness (QED) is 0.867. The Morgan fingerprint density at radius 3 is 2.67 bits per heavy atom. The number of amides is 1. The van der Waals surface area contributed by atoms with Crippen LogP contribution < -0.4 is 0 Å². The van der Waals surface area contributed by atoms with Crippen LogP contribution in [-0.4, -0.2) is 58.1 Å². The van der Waals surface area contributed by atoms with E-state index in [-0.39, 0.29) is 5.91 Å². The van der Waals surface area contributed by atoms with Crippen molar-refractivity contribution in [3.05, 3.63) is 36.3 Å². The minimum absolute atomic E-state index is 0.0417. The summed E-state index contributed by atoms with van der Waals surface area (Å²) in [5, 5.41) is 3.96. The van der Waals surface area contributed by atoms with Gasteiger partial charge in [0.2, 0.25) is 0 Å². The summed E-state index contributed by atoms with van der Waals surface area (Å²) in [6, 6.07) is 6.17. The summed E-state index contributed by atoms with van der Waals surface area (Å²) in [5.74, 6) is 0.538. The van der Waals surface area contributed by atoms with Crippen molar-refractivity contribution in [1.29, 1.82) is 0 Å². The van der Waals surface area contributed by atoms with Gasteiger partial charge in [-0.25, -0.2) is 0 Å². The van der Waals surface area contributed by atoms with E-state index < -0.39 is 0 Å². The molecule has 1 saturated carbocycles. The van der Waals surface area contributed by atoms with Gasteiger partial charge in [0.25, 0.3) is 5.91 Å². The maximum atomic E-state index is 12.6. The van der Waals surface area contributed by atoms with Crippen molar-refractivity contribution in [2.45, 2.75) is 31.7 Å². The summed E-state index contributed by atoms with van der Waals surface area (Å²) in [6.45, 7) is 3.46. The highest BCUT2D eigenvalue weighted by Gasteiger charge is 2.29. The lowest BCUT2D eigenvalue weighted by Crippen LogP contribution is -2.51. The summed E-state index contributed by atoms with van der Waals surface area (Å²) >= 11 is 0. The lowest BCUT2D eigenvalue weighted by molar-refractivity contribution is 0.0564. The van der Waals surface area contributed by atoms with Gasteiger partial charge in [0.1, 0.15) is 0 Å². The highest BCUT2D eigenvalue weighted by Crippen LogP contribution is 2.25. The van der Waals surface area contributed by atoms with Crippen LogP contribution in [0, 0.1) is 0 Å². The Morgan fingerprint density at radius 2 is 1.96 bits per heavy atom. The lowest BCUT2D eigenvalue weighted by atomic mass is 10.1. The molecule has 0 spiro atoms. The number of hydrogen-bond donors (Lipinski definition) is 0. The van der Waals surface area contributed by atoms with E-state index in [0.717, 1.165) is 37.8 Å². The minimum Gasteiger partial charge on any atom is -0.355 e. The number of aromatic nitrogens is 2. The fourth-order valence-corrected chi connectivity index (χ4v) is 3.74. The molecule has 2 aromatic heterocycles. The largest absolute Gasteiger partial charge is 0.355 e. The molecule has 0 N–H and O–H groups in total. The van der Waals surface area contributed by atoms with Crippen LogP contribution in [0.3, 0.4) is 0 Å². The zero-order valence-electron chi connectivity index (χ0n) is 13.7. The van der Waals surface area contributed by atoms with Crippen LogP contribution in [-0.2, 0) is 0 Å². The lowest BCUT2D eigenvalue weighted by Gasteiger charge is -2.37. The van der Waals surface area contributed by atoms with E-state index in [0.29, 0.717) is 11.5 Å². The molecular formula is C18H22N4O2. The SMILES string of the molecule is O=C(c1cc(-c2cccnc2)on1)N1CCN(C2CCCC2)CC1. The van der Waals surface area contributed by atoms with E-state index in [1.807, 2.05) is 17.0 Å². The van der Waals surface area contributed by atoms with Crippen molar-refractivity contribution in [2.75, 3.05) is 26.2 Å². The van der Waals surface area contributed by atoms with Crippen molar-refractivity contribution in [1.82, 2.24) is 19.9 Å². The zero-order valence-corrected chi connectivity index (χ0v) is 13.7. The average molecular weight is 326 g/mol. The second kappa shape index (κ2) is 6.73. The summed E-state index contributed by atoms with van der Waals surface area (Å²) in [5.41, 5.74) is 1.21. The van der Waals surface area contributed by atoms with Crippen LogP contribution in [0.1, 0.15) is 36.2 Å². The number of nitrogens with zero attached hydrogens (tertiary/aromatic N) is 4. The van der Waals surface area contributed by atoms with Gasteiger partial charge in [0.05, 0.1) is 0 Å². The summed E-state index contributed by atoms with van der Waals surface area (Å²) in [7, 11) is 0. The Bertz CT molecular complexity index is 686. The number of carbonyl (C=O) groups excluding carboxylic acids is 1. The molecular weight excluding hydrogens is 304 g/mol. The molecule has 126 valence electrons. The molecule has 6 heteroatoms. The molecule has 0 bridgehead atoms.